The fourth-order valence-corrected chi connectivity index (χ4v) is 7.75. The first kappa shape index (κ1) is 46.3. The van der Waals surface area contributed by atoms with Crippen molar-refractivity contribution in [1.29, 1.82) is 0 Å². The minimum absolute atomic E-state index is 0.129. The maximum atomic E-state index is 13.9. The molecule has 2 aromatic carbocycles. The van der Waals surface area contributed by atoms with E-state index in [9.17, 15) is 24.0 Å². The van der Waals surface area contributed by atoms with Crippen LogP contribution < -0.4 is 31.6 Å². The molecule has 1 saturated heterocycles. The highest BCUT2D eigenvalue weighted by atomic mass is 16.6. The first-order valence-corrected chi connectivity index (χ1v) is 21.6. The lowest BCUT2D eigenvalue weighted by Gasteiger charge is -2.39. The van der Waals surface area contributed by atoms with Crippen LogP contribution in [0.2, 0.25) is 0 Å². The zero-order valence-electron chi connectivity index (χ0n) is 38.3. The lowest BCUT2D eigenvalue weighted by molar-refractivity contribution is -0.00383. The Morgan fingerprint density at radius 1 is 0.742 bits per heavy atom. The lowest BCUT2D eigenvalue weighted by atomic mass is 9.97. The largest absolute Gasteiger partial charge is 0.494 e. The van der Waals surface area contributed by atoms with Gasteiger partial charge in [0.1, 0.15) is 39.5 Å². The molecule has 0 saturated carbocycles. The number of primary amides is 2. The molecule has 66 heavy (non-hydrogen) atoms. The standard InChI is InChI=1S/C45H55N13O8/c1-9-57-32(17-25(3)52-57)40(61)50-42-48-30-19-28(38(46)59)21-34(64-8)36(30)55(42)14-11-12-15-56-37-31(49-43(56)51-41(62)33-18-26(4)53-58(33)10-2)20-29(39(47)60)22-35(37)65-16-13-27-23-54(24-27)44(63)66-45(5,6)7/h11-12,17-22,27H,9-10,13-16,23-24H2,1-8H3,(H2,46,59)(H2,47,60)(H,48,50,61)(H,49,51,62)/b12-11+. The number of imidazole rings is 2. The van der Waals surface area contributed by atoms with E-state index >= 15 is 0 Å². The second-order valence-corrected chi connectivity index (χ2v) is 17.0. The molecule has 5 amide bonds. The number of ether oxygens (including phenoxy) is 3. The summed E-state index contributed by atoms with van der Waals surface area (Å²) in [6.07, 6.45) is 3.90. The number of carbonyl (C=O) groups excluding carboxylic acids is 5. The molecule has 5 heterocycles. The maximum absolute atomic E-state index is 13.9. The molecule has 0 spiro atoms. The summed E-state index contributed by atoms with van der Waals surface area (Å²) in [4.78, 5) is 76.1. The summed E-state index contributed by atoms with van der Waals surface area (Å²) in [6, 6.07) is 9.48. The molecule has 21 nitrogen and oxygen atoms in total. The maximum Gasteiger partial charge on any atom is 0.410 e. The van der Waals surface area contributed by atoms with Gasteiger partial charge in [0.2, 0.25) is 23.7 Å². The van der Waals surface area contributed by atoms with Crippen molar-refractivity contribution in [3.05, 3.63) is 82.5 Å². The van der Waals surface area contributed by atoms with E-state index in [1.807, 2.05) is 46.8 Å². The van der Waals surface area contributed by atoms with Crippen LogP contribution in [0.1, 0.15) is 94.1 Å². The Labute approximate surface area is 380 Å². The van der Waals surface area contributed by atoms with Crippen LogP contribution in [-0.2, 0) is 30.9 Å². The highest BCUT2D eigenvalue weighted by Gasteiger charge is 2.34. The third-order valence-corrected chi connectivity index (χ3v) is 10.9. The van der Waals surface area contributed by atoms with E-state index in [-0.39, 0.29) is 54.7 Å². The van der Waals surface area contributed by atoms with Crippen molar-refractivity contribution in [3.8, 4) is 11.5 Å². The summed E-state index contributed by atoms with van der Waals surface area (Å²) in [7, 11) is 1.45. The number of nitrogens with zero attached hydrogens (tertiary/aromatic N) is 9. The van der Waals surface area contributed by atoms with Gasteiger partial charge < -0.3 is 39.7 Å². The molecule has 0 aliphatic carbocycles. The number of nitrogens with one attached hydrogen (secondary N) is 2. The molecular formula is C45H55N13O8. The third kappa shape index (κ3) is 9.83. The van der Waals surface area contributed by atoms with Gasteiger partial charge in [0.05, 0.1) is 36.1 Å². The number of carbonyl (C=O) groups is 5. The predicted octanol–water partition coefficient (Wildman–Crippen LogP) is 5.04. The van der Waals surface area contributed by atoms with Crippen molar-refractivity contribution < 1.29 is 38.2 Å². The van der Waals surface area contributed by atoms with Crippen LogP contribution in [0.3, 0.4) is 0 Å². The number of allylic oxidation sites excluding steroid dienone is 2. The van der Waals surface area contributed by atoms with Gasteiger partial charge in [0.25, 0.3) is 11.8 Å². The number of amides is 5. The highest BCUT2D eigenvalue weighted by molar-refractivity contribution is 6.05. The monoisotopic (exact) mass is 905 g/mol. The van der Waals surface area contributed by atoms with Crippen LogP contribution in [-0.4, -0.2) is 106 Å². The number of rotatable bonds is 17. The summed E-state index contributed by atoms with van der Waals surface area (Å²) in [5.41, 5.74) is 14.8. The quantitative estimate of drug-likeness (QED) is 0.0878. The molecule has 21 heteroatoms. The Morgan fingerprint density at radius 3 is 1.65 bits per heavy atom. The summed E-state index contributed by atoms with van der Waals surface area (Å²) < 4.78 is 24.2. The Kier molecular flexibility index (Phi) is 13.2. The van der Waals surface area contributed by atoms with Gasteiger partial charge in [0, 0.05) is 50.4 Å². The Bertz CT molecular complexity index is 2890. The fourth-order valence-electron chi connectivity index (χ4n) is 7.75. The van der Waals surface area contributed by atoms with E-state index in [1.54, 1.807) is 55.4 Å². The van der Waals surface area contributed by atoms with E-state index in [1.165, 1.54) is 25.3 Å². The van der Waals surface area contributed by atoms with Crippen LogP contribution in [0.5, 0.6) is 11.5 Å². The van der Waals surface area contributed by atoms with Crippen molar-refractivity contribution in [2.45, 2.75) is 86.7 Å². The van der Waals surface area contributed by atoms with Crippen molar-refractivity contribution in [2.75, 3.05) is 37.4 Å². The van der Waals surface area contributed by atoms with Gasteiger partial charge in [-0.25, -0.2) is 14.8 Å². The van der Waals surface area contributed by atoms with E-state index < -0.39 is 29.2 Å². The van der Waals surface area contributed by atoms with Gasteiger partial charge >= 0.3 is 6.09 Å². The average molecular weight is 906 g/mol. The SMILES string of the molecule is CCn1nc(C)cc1C(=O)Nc1nc2cc(C(N)=O)cc(OC)c2n1C/C=C/Cn1c(NC(=O)c2cc(C)nn2CC)nc2cc(C(N)=O)cc(OCCC3CN(C(=O)OC(C)(C)C)C3)c21. The fraction of sp³-hybridized carbons (Fsp3) is 0.400. The van der Waals surface area contributed by atoms with Crippen LogP contribution >= 0.6 is 0 Å². The van der Waals surface area contributed by atoms with Crippen molar-refractivity contribution in [1.82, 2.24) is 43.6 Å². The van der Waals surface area contributed by atoms with Crippen LogP contribution in [0.25, 0.3) is 22.1 Å². The molecule has 1 aliphatic rings. The number of nitrogens with two attached hydrogens (primary N) is 2. The lowest BCUT2D eigenvalue weighted by Crippen LogP contribution is -2.51. The molecule has 0 bridgehead atoms. The number of benzene rings is 2. The number of hydrogen-bond donors (Lipinski definition) is 4. The van der Waals surface area contributed by atoms with E-state index in [4.69, 9.17) is 35.6 Å². The summed E-state index contributed by atoms with van der Waals surface area (Å²) in [5, 5.41) is 14.7. The predicted molar refractivity (Wildman–Crippen MR) is 245 cm³/mol. The summed E-state index contributed by atoms with van der Waals surface area (Å²) in [5.74, 6) is -1.18. The Balaban J connectivity index is 1.23. The van der Waals surface area contributed by atoms with E-state index in [0.29, 0.717) is 88.9 Å². The molecule has 7 rings (SSSR count). The van der Waals surface area contributed by atoms with Crippen molar-refractivity contribution in [2.24, 2.45) is 17.4 Å². The first-order valence-electron chi connectivity index (χ1n) is 21.6. The van der Waals surface area contributed by atoms with Crippen molar-refractivity contribution >= 4 is 63.7 Å². The zero-order chi connectivity index (χ0) is 47.6. The van der Waals surface area contributed by atoms with E-state index in [0.717, 1.165) is 0 Å². The Morgan fingerprint density at radius 2 is 1.21 bits per heavy atom. The number of fused-ring (bicyclic) bond motifs is 2. The number of methoxy groups -OCH3 is 1. The van der Waals surface area contributed by atoms with E-state index in [2.05, 4.69) is 20.8 Å². The molecule has 4 aromatic heterocycles. The van der Waals surface area contributed by atoms with Crippen LogP contribution in [0, 0.1) is 19.8 Å². The number of anilines is 2. The normalized spacial score (nSPS) is 13.1. The minimum atomic E-state index is -0.695. The zero-order valence-corrected chi connectivity index (χ0v) is 38.3. The topological polar surface area (TPSA) is 264 Å². The van der Waals surface area contributed by atoms with Gasteiger partial charge in [-0.1, -0.05) is 12.2 Å². The average Bonchev–Trinajstić information content (AvgIpc) is 4.01. The highest BCUT2D eigenvalue weighted by Crippen LogP contribution is 2.34. The number of hydrogen-bond acceptors (Lipinski definition) is 12. The van der Waals surface area contributed by atoms with Gasteiger partial charge in [-0.05, 0) is 97.2 Å². The summed E-state index contributed by atoms with van der Waals surface area (Å²) in [6.45, 7) is 15.3. The molecule has 0 radical (unpaired) electrons. The number of aromatic nitrogens is 8. The molecule has 1 fully saturated rings. The molecule has 6 N–H and O–H groups in total. The van der Waals surface area contributed by atoms with Gasteiger partial charge in [0.15, 0.2) is 0 Å². The van der Waals surface area contributed by atoms with Crippen molar-refractivity contribution in [3.63, 3.8) is 0 Å². The smallest absolute Gasteiger partial charge is 0.410 e. The number of aryl methyl sites for hydroxylation is 4. The minimum Gasteiger partial charge on any atom is -0.494 e. The molecule has 348 valence electrons. The molecular weight excluding hydrogens is 851 g/mol. The molecule has 0 unspecified atom stereocenters. The molecule has 1 aliphatic heterocycles. The van der Waals surface area contributed by atoms with Gasteiger partial charge in [-0.2, -0.15) is 10.2 Å². The first-order chi connectivity index (χ1) is 31.4. The third-order valence-electron chi connectivity index (χ3n) is 10.9. The van der Waals surface area contributed by atoms with Gasteiger partial charge in [-0.3, -0.25) is 39.2 Å². The molecule has 6 aromatic rings. The second-order valence-electron chi connectivity index (χ2n) is 17.0. The second kappa shape index (κ2) is 18.8. The Hall–Kier alpha value is -7.71. The molecule has 0 atom stereocenters. The van der Waals surface area contributed by atoms with Crippen LogP contribution in [0.4, 0.5) is 16.7 Å². The van der Waals surface area contributed by atoms with Crippen LogP contribution in [0.15, 0.2) is 48.6 Å². The van der Waals surface area contributed by atoms with Gasteiger partial charge in [-0.15, -0.1) is 0 Å². The number of likely N-dealkylation sites (tertiary alicyclic amines) is 1. The summed E-state index contributed by atoms with van der Waals surface area (Å²) >= 11 is 0.